The summed E-state index contributed by atoms with van der Waals surface area (Å²) < 4.78 is 0. The molecule has 0 aromatic heterocycles. The highest BCUT2D eigenvalue weighted by Gasteiger charge is 2.30. The van der Waals surface area contributed by atoms with Gasteiger partial charge in [-0.25, -0.2) is 0 Å². The average Bonchev–Trinajstić information content (AvgIpc) is 2.59. The van der Waals surface area contributed by atoms with E-state index in [1.807, 2.05) is 0 Å². The van der Waals surface area contributed by atoms with Crippen LogP contribution in [0.1, 0.15) is 18.4 Å². The maximum absolute atomic E-state index is 11.5. The Morgan fingerprint density at radius 3 is 2.44 bits per heavy atom. The van der Waals surface area contributed by atoms with Crippen molar-refractivity contribution in [3.05, 3.63) is 29.8 Å². The molecule has 0 aliphatic carbocycles. The summed E-state index contributed by atoms with van der Waals surface area (Å²) in [5.41, 5.74) is 6.69. The highest BCUT2D eigenvalue weighted by molar-refractivity contribution is 7.80. The van der Waals surface area contributed by atoms with Gasteiger partial charge in [-0.05, 0) is 12.1 Å². The normalized spacial score (nSPS) is 15.6. The third-order valence-corrected chi connectivity index (χ3v) is 2.68. The summed E-state index contributed by atoms with van der Waals surface area (Å²) >= 11 is 4.84. The molecule has 0 bridgehead atoms. The van der Waals surface area contributed by atoms with E-state index in [2.05, 4.69) is 0 Å². The third kappa shape index (κ3) is 1.81. The molecule has 2 N–H and O–H groups in total. The molecule has 1 aromatic carbocycles. The minimum Gasteiger partial charge on any atom is -0.389 e. The topological polar surface area (TPSA) is 63.4 Å². The Bertz CT molecular complexity index is 469. The minimum absolute atomic E-state index is 0.176. The number of amides is 2. The van der Waals surface area contributed by atoms with Crippen LogP contribution >= 0.6 is 12.2 Å². The molecule has 1 fully saturated rings. The first-order chi connectivity index (χ1) is 7.59. The summed E-state index contributed by atoms with van der Waals surface area (Å²) in [6.45, 7) is 0. The van der Waals surface area contributed by atoms with Gasteiger partial charge in [0.1, 0.15) is 4.99 Å². The molecule has 0 spiro atoms. The van der Waals surface area contributed by atoms with Crippen molar-refractivity contribution in [2.45, 2.75) is 12.8 Å². The van der Waals surface area contributed by atoms with Gasteiger partial charge < -0.3 is 5.73 Å². The number of rotatable bonds is 2. The standard InChI is InChI=1S/C11H10N2O2S/c12-11(16)7-2-1-3-8(6-7)13-9(14)4-5-10(13)15/h1-3,6H,4-5H2,(H2,12,16). The molecular weight excluding hydrogens is 224 g/mol. The van der Waals surface area contributed by atoms with Crippen molar-refractivity contribution >= 4 is 34.7 Å². The second-order valence-electron chi connectivity index (χ2n) is 3.54. The van der Waals surface area contributed by atoms with Crippen LogP contribution in [-0.4, -0.2) is 16.8 Å². The lowest BCUT2D eigenvalue weighted by atomic mass is 10.2. The van der Waals surface area contributed by atoms with Crippen LogP contribution in [0.4, 0.5) is 5.69 Å². The molecular formula is C11H10N2O2S. The van der Waals surface area contributed by atoms with E-state index in [0.29, 0.717) is 11.3 Å². The van der Waals surface area contributed by atoms with Gasteiger partial charge in [-0.1, -0.05) is 24.4 Å². The van der Waals surface area contributed by atoms with Gasteiger partial charge in [-0.3, -0.25) is 14.5 Å². The molecule has 2 amide bonds. The maximum atomic E-state index is 11.5. The summed E-state index contributed by atoms with van der Waals surface area (Å²) in [6.07, 6.45) is 0.548. The quantitative estimate of drug-likeness (QED) is 0.612. The SMILES string of the molecule is NC(=S)c1cccc(N2C(=O)CCC2=O)c1. The largest absolute Gasteiger partial charge is 0.389 e. The Balaban J connectivity index is 2.40. The van der Waals surface area contributed by atoms with E-state index in [9.17, 15) is 9.59 Å². The molecule has 1 aliphatic heterocycles. The molecule has 1 aromatic rings. The van der Waals surface area contributed by atoms with Crippen molar-refractivity contribution in [2.24, 2.45) is 5.73 Å². The predicted octanol–water partition coefficient (Wildman–Crippen LogP) is 0.974. The van der Waals surface area contributed by atoms with Gasteiger partial charge >= 0.3 is 0 Å². The fourth-order valence-electron chi connectivity index (χ4n) is 1.66. The van der Waals surface area contributed by atoms with Crippen molar-refractivity contribution in [1.29, 1.82) is 0 Å². The monoisotopic (exact) mass is 234 g/mol. The number of imide groups is 1. The highest BCUT2D eigenvalue weighted by atomic mass is 32.1. The smallest absolute Gasteiger partial charge is 0.234 e. The van der Waals surface area contributed by atoms with Gasteiger partial charge in [0, 0.05) is 18.4 Å². The van der Waals surface area contributed by atoms with Crippen LogP contribution < -0.4 is 10.6 Å². The first-order valence-electron chi connectivity index (χ1n) is 4.85. The lowest BCUT2D eigenvalue weighted by molar-refractivity contribution is -0.121. The Hall–Kier alpha value is -1.75. The minimum atomic E-state index is -0.176. The zero-order chi connectivity index (χ0) is 11.7. The maximum Gasteiger partial charge on any atom is 0.234 e. The molecule has 5 heteroatoms. The second-order valence-corrected chi connectivity index (χ2v) is 3.98. The fourth-order valence-corrected chi connectivity index (χ4v) is 1.79. The van der Waals surface area contributed by atoms with E-state index < -0.39 is 0 Å². The molecule has 1 heterocycles. The van der Waals surface area contributed by atoms with E-state index in [1.165, 1.54) is 4.90 Å². The van der Waals surface area contributed by atoms with Gasteiger partial charge in [0.05, 0.1) is 5.69 Å². The Kier molecular flexibility index (Phi) is 2.70. The molecule has 1 aliphatic rings. The van der Waals surface area contributed by atoms with Crippen LogP contribution in [0, 0.1) is 0 Å². The molecule has 16 heavy (non-hydrogen) atoms. The van der Waals surface area contributed by atoms with E-state index >= 15 is 0 Å². The summed E-state index contributed by atoms with van der Waals surface area (Å²) in [7, 11) is 0. The van der Waals surface area contributed by atoms with E-state index in [4.69, 9.17) is 18.0 Å². The zero-order valence-electron chi connectivity index (χ0n) is 8.47. The zero-order valence-corrected chi connectivity index (χ0v) is 9.29. The fraction of sp³-hybridized carbons (Fsp3) is 0.182. The van der Waals surface area contributed by atoms with Crippen LogP contribution in [0.15, 0.2) is 24.3 Å². The molecule has 2 rings (SSSR count). The number of anilines is 1. The summed E-state index contributed by atoms with van der Waals surface area (Å²) in [4.78, 5) is 24.4. The van der Waals surface area contributed by atoms with Gasteiger partial charge in [0.25, 0.3) is 0 Å². The van der Waals surface area contributed by atoms with Gasteiger partial charge in [-0.15, -0.1) is 0 Å². The third-order valence-electron chi connectivity index (χ3n) is 2.44. The van der Waals surface area contributed by atoms with Crippen molar-refractivity contribution < 1.29 is 9.59 Å². The van der Waals surface area contributed by atoms with E-state index in [1.54, 1.807) is 24.3 Å². The van der Waals surface area contributed by atoms with Crippen molar-refractivity contribution in [1.82, 2.24) is 0 Å². The van der Waals surface area contributed by atoms with Crippen molar-refractivity contribution in [3.63, 3.8) is 0 Å². The first-order valence-corrected chi connectivity index (χ1v) is 5.26. The summed E-state index contributed by atoms with van der Waals surface area (Å²) in [6, 6.07) is 6.83. The Morgan fingerprint density at radius 2 is 1.88 bits per heavy atom. The van der Waals surface area contributed by atoms with Crippen LogP contribution in [0.5, 0.6) is 0 Å². The van der Waals surface area contributed by atoms with Crippen LogP contribution in [-0.2, 0) is 9.59 Å². The molecule has 1 saturated heterocycles. The Morgan fingerprint density at radius 1 is 1.25 bits per heavy atom. The number of benzene rings is 1. The molecule has 82 valence electrons. The molecule has 0 saturated carbocycles. The highest BCUT2D eigenvalue weighted by Crippen LogP contribution is 2.23. The summed E-state index contributed by atoms with van der Waals surface area (Å²) in [5, 5.41) is 0. The predicted molar refractivity (Wildman–Crippen MR) is 64.1 cm³/mol. The number of hydrogen-bond donors (Lipinski definition) is 1. The van der Waals surface area contributed by atoms with Crippen LogP contribution in [0.25, 0.3) is 0 Å². The second kappa shape index (κ2) is 4.02. The average molecular weight is 234 g/mol. The molecule has 4 nitrogen and oxygen atoms in total. The number of hydrogen-bond acceptors (Lipinski definition) is 3. The van der Waals surface area contributed by atoms with Crippen LogP contribution in [0.2, 0.25) is 0 Å². The molecule has 0 radical (unpaired) electrons. The number of carbonyl (C=O) groups excluding carboxylic acids is 2. The van der Waals surface area contributed by atoms with Crippen molar-refractivity contribution in [3.8, 4) is 0 Å². The lowest BCUT2D eigenvalue weighted by Gasteiger charge is -2.14. The van der Waals surface area contributed by atoms with Crippen LogP contribution in [0.3, 0.4) is 0 Å². The molecule has 0 unspecified atom stereocenters. The number of carbonyl (C=O) groups is 2. The van der Waals surface area contributed by atoms with Gasteiger partial charge in [0.15, 0.2) is 0 Å². The van der Waals surface area contributed by atoms with Crippen molar-refractivity contribution in [2.75, 3.05) is 4.90 Å². The first kappa shape index (κ1) is 10.8. The van der Waals surface area contributed by atoms with E-state index in [0.717, 1.165) is 0 Å². The van der Waals surface area contributed by atoms with Gasteiger partial charge in [-0.2, -0.15) is 0 Å². The Labute approximate surface area is 98.0 Å². The van der Waals surface area contributed by atoms with Gasteiger partial charge in [0.2, 0.25) is 11.8 Å². The number of thiocarbonyl (C=S) groups is 1. The number of nitrogens with two attached hydrogens (primary N) is 1. The molecule has 0 atom stereocenters. The number of nitrogens with zero attached hydrogens (tertiary/aromatic N) is 1. The lowest BCUT2D eigenvalue weighted by Crippen LogP contribution is -2.28. The van der Waals surface area contributed by atoms with E-state index in [-0.39, 0.29) is 29.6 Å². The summed E-state index contributed by atoms with van der Waals surface area (Å²) in [5.74, 6) is -0.352.